The number of benzene rings is 2. The zero-order valence-electron chi connectivity index (χ0n) is 15.2. The monoisotopic (exact) mass is 364 g/mol. The van der Waals surface area contributed by atoms with Gasteiger partial charge in [0.15, 0.2) is 0 Å². The molecular formula is C21H24N4O2. The second kappa shape index (κ2) is 7.80. The first-order chi connectivity index (χ1) is 13.2. The number of hydrogen-bond donors (Lipinski definition) is 2. The molecule has 3 aromatic rings. The molecule has 0 saturated carbocycles. The molecule has 1 aliphatic rings. The van der Waals surface area contributed by atoms with Crippen LogP contribution in [0.25, 0.3) is 10.9 Å². The highest BCUT2D eigenvalue weighted by Crippen LogP contribution is 2.25. The molecule has 6 nitrogen and oxygen atoms in total. The van der Waals surface area contributed by atoms with Gasteiger partial charge in [-0.3, -0.25) is 14.7 Å². The molecule has 1 fully saturated rings. The number of amides is 1. The van der Waals surface area contributed by atoms with Crippen molar-refractivity contribution in [2.24, 2.45) is 0 Å². The van der Waals surface area contributed by atoms with Gasteiger partial charge < -0.3 is 4.90 Å². The van der Waals surface area contributed by atoms with Crippen LogP contribution in [0, 0.1) is 0 Å². The number of piperidine rings is 1. The van der Waals surface area contributed by atoms with E-state index in [1.54, 1.807) is 10.2 Å². The van der Waals surface area contributed by atoms with Crippen LogP contribution in [0.5, 0.6) is 0 Å². The molecule has 1 aliphatic heterocycles. The fourth-order valence-corrected chi connectivity index (χ4v) is 3.75. The zero-order valence-corrected chi connectivity index (χ0v) is 15.2. The Bertz CT molecular complexity index is 916. The van der Waals surface area contributed by atoms with E-state index >= 15 is 0 Å². The second-order valence-corrected chi connectivity index (χ2v) is 7.08. The van der Waals surface area contributed by atoms with Crippen molar-refractivity contribution in [3.63, 3.8) is 0 Å². The van der Waals surface area contributed by atoms with Gasteiger partial charge in [0, 0.05) is 36.8 Å². The highest BCUT2D eigenvalue weighted by molar-refractivity contribution is 5.84. The van der Waals surface area contributed by atoms with E-state index in [1.807, 2.05) is 36.5 Å². The van der Waals surface area contributed by atoms with E-state index in [2.05, 4.69) is 28.2 Å². The predicted octanol–water partition coefficient (Wildman–Crippen LogP) is 3.32. The van der Waals surface area contributed by atoms with Crippen molar-refractivity contribution in [3.05, 3.63) is 60.3 Å². The van der Waals surface area contributed by atoms with Gasteiger partial charge in [0.2, 0.25) is 0 Å². The standard InChI is InChI=1S/C21H24N4O2/c26-21(23-27)20(13-16-7-3-1-4-8-16)25-15-17-9-10-18(14-19(17)22-25)24-11-5-2-6-12-24/h1,3-4,7-10,14-15,20,27H,2,5-6,11-13H2,(H,23,26). The number of aromatic nitrogens is 2. The summed E-state index contributed by atoms with van der Waals surface area (Å²) in [7, 11) is 0. The predicted molar refractivity (Wildman–Crippen MR) is 105 cm³/mol. The summed E-state index contributed by atoms with van der Waals surface area (Å²) < 4.78 is 1.66. The van der Waals surface area contributed by atoms with Gasteiger partial charge in [-0.1, -0.05) is 30.3 Å². The maximum atomic E-state index is 12.3. The Kier molecular flexibility index (Phi) is 5.07. The summed E-state index contributed by atoms with van der Waals surface area (Å²) in [6.07, 6.45) is 6.08. The Hall–Kier alpha value is -2.86. The van der Waals surface area contributed by atoms with E-state index in [9.17, 15) is 10.0 Å². The smallest absolute Gasteiger partial charge is 0.268 e. The molecule has 6 heteroatoms. The third kappa shape index (κ3) is 3.80. The van der Waals surface area contributed by atoms with E-state index in [4.69, 9.17) is 0 Å². The van der Waals surface area contributed by atoms with Crippen LogP contribution in [0.3, 0.4) is 0 Å². The van der Waals surface area contributed by atoms with Gasteiger partial charge >= 0.3 is 0 Å². The van der Waals surface area contributed by atoms with Crippen molar-refractivity contribution < 1.29 is 10.0 Å². The van der Waals surface area contributed by atoms with Gasteiger partial charge in [0.25, 0.3) is 5.91 Å². The molecule has 27 heavy (non-hydrogen) atoms. The minimum atomic E-state index is -0.608. The molecule has 1 atom stereocenters. The number of carbonyl (C=O) groups excluding carboxylic acids is 1. The van der Waals surface area contributed by atoms with Gasteiger partial charge in [-0.15, -0.1) is 0 Å². The number of hydroxylamine groups is 1. The van der Waals surface area contributed by atoms with Crippen molar-refractivity contribution in [2.75, 3.05) is 18.0 Å². The summed E-state index contributed by atoms with van der Waals surface area (Å²) in [4.78, 5) is 14.7. The maximum Gasteiger partial charge on any atom is 0.268 e. The van der Waals surface area contributed by atoms with Crippen LogP contribution >= 0.6 is 0 Å². The van der Waals surface area contributed by atoms with Gasteiger partial charge in [0.1, 0.15) is 6.04 Å². The fraction of sp³-hybridized carbons (Fsp3) is 0.333. The molecule has 0 radical (unpaired) electrons. The van der Waals surface area contributed by atoms with Gasteiger partial charge in [-0.05, 0) is 43.0 Å². The number of nitrogens with zero attached hydrogens (tertiary/aromatic N) is 3. The number of nitrogens with one attached hydrogen (secondary N) is 1. The first-order valence-electron chi connectivity index (χ1n) is 9.46. The van der Waals surface area contributed by atoms with Crippen LogP contribution in [0.2, 0.25) is 0 Å². The van der Waals surface area contributed by atoms with E-state index in [-0.39, 0.29) is 0 Å². The lowest BCUT2D eigenvalue weighted by atomic mass is 10.1. The van der Waals surface area contributed by atoms with E-state index in [1.165, 1.54) is 24.9 Å². The summed E-state index contributed by atoms with van der Waals surface area (Å²) in [6.45, 7) is 2.16. The summed E-state index contributed by atoms with van der Waals surface area (Å²) >= 11 is 0. The van der Waals surface area contributed by atoms with Gasteiger partial charge in [0.05, 0.1) is 5.52 Å². The van der Waals surface area contributed by atoms with Crippen molar-refractivity contribution in [1.29, 1.82) is 0 Å². The number of rotatable bonds is 5. The van der Waals surface area contributed by atoms with Crippen LogP contribution in [0.1, 0.15) is 30.9 Å². The number of fused-ring (bicyclic) bond motifs is 1. The van der Waals surface area contributed by atoms with Crippen LogP contribution in [0.4, 0.5) is 5.69 Å². The van der Waals surface area contributed by atoms with Crippen molar-refractivity contribution >= 4 is 22.5 Å². The second-order valence-electron chi connectivity index (χ2n) is 7.08. The van der Waals surface area contributed by atoms with Crippen LogP contribution in [0.15, 0.2) is 54.7 Å². The van der Waals surface area contributed by atoms with E-state index in [0.717, 1.165) is 29.6 Å². The maximum absolute atomic E-state index is 12.3. The molecule has 2 heterocycles. The lowest BCUT2D eigenvalue weighted by Crippen LogP contribution is -2.32. The number of hydrogen-bond acceptors (Lipinski definition) is 4. The Morgan fingerprint density at radius 1 is 1.11 bits per heavy atom. The Labute approximate surface area is 158 Å². The van der Waals surface area contributed by atoms with E-state index < -0.39 is 11.9 Å². The minimum absolute atomic E-state index is 0.459. The van der Waals surface area contributed by atoms with Crippen LogP contribution < -0.4 is 10.4 Å². The molecule has 1 saturated heterocycles. The first-order valence-corrected chi connectivity index (χ1v) is 9.46. The van der Waals surface area contributed by atoms with Crippen molar-refractivity contribution in [3.8, 4) is 0 Å². The summed E-state index contributed by atoms with van der Waals surface area (Å²) in [5.41, 5.74) is 4.84. The molecule has 140 valence electrons. The minimum Gasteiger partial charge on any atom is -0.371 e. The topological polar surface area (TPSA) is 70.4 Å². The normalized spacial score (nSPS) is 15.7. The Morgan fingerprint density at radius 3 is 2.63 bits per heavy atom. The van der Waals surface area contributed by atoms with Crippen molar-refractivity contribution in [1.82, 2.24) is 15.3 Å². The van der Waals surface area contributed by atoms with Crippen molar-refractivity contribution in [2.45, 2.75) is 31.7 Å². The Morgan fingerprint density at radius 2 is 1.89 bits per heavy atom. The molecule has 1 amide bonds. The molecule has 2 aromatic carbocycles. The average molecular weight is 364 g/mol. The fourth-order valence-electron chi connectivity index (χ4n) is 3.75. The number of anilines is 1. The zero-order chi connectivity index (χ0) is 18.6. The van der Waals surface area contributed by atoms with Crippen LogP contribution in [-0.2, 0) is 11.2 Å². The molecule has 0 bridgehead atoms. The lowest BCUT2D eigenvalue weighted by molar-refractivity contribution is -0.132. The molecular weight excluding hydrogens is 340 g/mol. The summed E-state index contributed by atoms with van der Waals surface area (Å²) in [6, 6.07) is 15.4. The third-order valence-corrected chi connectivity index (χ3v) is 5.23. The molecule has 0 spiro atoms. The number of carbonyl (C=O) groups is 1. The molecule has 1 unspecified atom stereocenters. The molecule has 1 aromatic heterocycles. The summed E-state index contributed by atoms with van der Waals surface area (Å²) in [5, 5.41) is 14.8. The third-order valence-electron chi connectivity index (χ3n) is 5.23. The van der Waals surface area contributed by atoms with E-state index in [0.29, 0.717) is 6.42 Å². The highest BCUT2D eigenvalue weighted by atomic mass is 16.5. The first kappa shape index (κ1) is 17.5. The average Bonchev–Trinajstić information content (AvgIpc) is 3.16. The molecule has 4 rings (SSSR count). The summed E-state index contributed by atoms with van der Waals surface area (Å²) in [5.74, 6) is -0.470. The highest BCUT2D eigenvalue weighted by Gasteiger charge is 2.22. The Balaban J connectivity index is 1.64. The van der Waals surface area contributed by atoms with Gasteiger partial charge in [-0.25, -0.2) is 5.48 Å². The molecule has 0 aliphatic carbocycles. The van der Waals surface area contributed by atoms with Gasteiger partial charge in [-0.2, -0.15) is 5.10 Å². The quantitative estimate of drug-likeness (QED) is 0.538. The SMILES string of the molecule is O=C(NO)C(Cc1ccccc1)n1cc2ccc(N3CCCCC3)cc2n1. The molecule has 2 N–H and O–H groups in total. The largest absolute Gasteiger partial charge is 0.371 e. The lowest BCUT2D eigenvalue weighted by Gasteiger charge is -2.28. The van der Waals surface area contributed by atoms with Crippen LogP contribution in [-0.4, -0.2) is 34.0 Å².